The van der Waals surface area contributed by atoms with Crippen LogP contribution in [-0.4, -0.2) is 29.3 Å². The van der Waals surface area contributed by atoms with Crippen molar-refractivity contribution in [2.45, 2.75) is 53.0 Å². The Balaban J connectivity index is 1.80. The van der Waals surface area contributed by atoms with Crippen molar-refractivity contribution in [2.24, 2.45) is 23.9 Å². The highest BCUT2D eigenvalue weighted by Gasteiger charge is 2.18. The molecule has 0 atom stereocenters. The van der Waals surface area contributed by atoms with Gasteiger partial charge in [-0.15, -0.1) is 0 Å². The Labute approximate surface area is 134 Å². The van der Waals surface area contributed by atoms with E-state index in [4.69, 9.17) is 0 Å². The summed E-state index contributed by atoms with van der Waals surface area (Å²) in [7, 11) is 3.82. The smallest absolute Gasteiger partial charge is 0.191 e. The lowest BCUT2D eigenvalue weighted by Crippen LogP contribution is -2.40. The molecule has 22 heavy (non-hydrogen) atoms. The lowest BCUT2D eigenvalue weighted by atomic mass is 9.83. The zero-order valence-corrected chi connectivity index (χ0v) is 14.7. The zero-order chi connectivity index (χ0) is 16.1. The van der Waals surface area contributed by atoms with E-state index < -0.39 is 0 Å². The first-order chi connectivity index (χ1) is 10.5. The van der Waals surface area contributed by atoms with Gasteiger partial charge in [0.05, 0.1) is 5.69 Å². The van der Waals surface area contributed by atoms with Crippen LogP contribution in [-0.2, 0) is 13.6 Å². The molecule has 5 nitrogen and oxygen atoms in total. The molecule has 5 heteroatoms. The minimum absolute atomic E-state index is 0.771. The molecule has 1 heterocycles. The Hall–Kier alpha value is -1.52. The van der Waals surface area contributed by atoms with E-state index in [1.165, 1.54) is 36.9 Å². The molecule has 1 aliphatic rings. The van der Waals surface area contributed by atoms with Crippen molar-refractivity contribution in [3.63, 3.8) is 0 Å². The minimum Gasteiger partial charge on any atom is -0.356 e. The Morgan fingerprint density at radius 1 is 1.23 bits per heavy atom. The molecule has 0 saturated heterocycles. The molecule has 2 N–H and O–H groups in total. The van der Waals surface area contributed by atoms with Crippen molar-refractivity contribution >= 4 is 5.96 Å². The predicted octanol–water partition coefficient (Wildman–Crippen LogP) is 2.53. The predicted molar refractivity (Wildman–Crippen MR) is 92.0 cm³/mol. The van der Waals surface area contributed by atoms with Crippen LogP contribution in [0.15, 0.2) is 4.99 Å². The summed E-state index contributed by atoms with van der Waals surface area (Å²) in [5.74, 6) is 2.59. The first kappa shape index (κ1) is 16.8. The van der Waals surface area contributed by atoms with Crippen molar-refractivity contribution in [1.29, 1.82) is 0 Å². The number of hydrogen-bond acceptors (Lipinski definition) is 2. The molecule has 1 aliphatic carbocycles. The molecule has 0 bridgehead atoms. The van der Waals surface area contributed by atoms with Crippen LogP contribution in [0.1, 0.15) is 49.6 Å². The van der Waals surface area contributed by atoms with Gasteiger partial charge in [-0.05, 0) is 38.5 Å². The zero-order valence-electron chi connectivity index (χ0n) is 14.7. The Kier molecular flexibility index (Phi) is 5.86. The Bertz CT molecular complexity index is 509. The molecule has 0 spiro atoms. The van der Waals surface area contributed by atoms with Gasteiger partial charge in [0.2, 0.25) is 0 Å². The number of aryl methyl sites for hydroxylation is 2. The summed E-state index contributed by atoms with van der Waals surface area (Å²) in [5, 5.41) is 11.4. The third kappa shape index (κ3) is 4.24. The summed E-state index contributed by atoms with van der Waals surface area (Å²) < 4.78 is 1.94. The van der Waals surface area contributed by atoms with Gasteiger partial charge in [0.1, 0.15) is 0 Å². The van der Waals surface area contributed by atoms with E-state index in [1.54, 1.807) is 0 Å². The fourth-order valence-corrected chi connectivity index (χ4v) is 3.24. The first-order valence-corrected chi connectivity index (χ1v) is 8.44. The fraction of sp³-hybridized carbons (Fsp3) is 0.765. The standard InChI is InChI=1S/C17H31N5/c1-12-6-8-15(9-7-12)10-19-17(18-4)20-11-16-13(2)21-22(5)14(16)3/h12,15H,6-11H2,1-5H3,(H2,18,19,20). The van der Waals surface area contributed by atoms with Gasteiger partial charge in [0.15, 0.2) is 5.96 Å². The fourth-order valence-electron chi connectivity index (χ4n) is 3.24. The number of hydrogen-bond donors (Lipinski definition) is 2. The molecular formula is C17H31N5. The van der Waals surface area contributed by atoms with Gasteiger partial charge < -0.3 is 10.6 Å². The molecule has 0 unspecified atom stereocenters. The van der Waals surface area contributed by atoms with Crippen LogP contribution in [0.5, 0.6) is 0 Å². The number of rotatable bonds is 4. The second kappa shape index (κ2) is 7.65. The molecule has 124 valence electrons. The van der Waals surface area contributed by atoms with Crippen LogP contribution in [0, 0.1) is 25.7 Å². The normalized spacial score (nSPS) is 22.7. The largest absolute Gasteiger partial charge is 0.356 e. The van der Waals surface area contributed by atoms with Gasteiger partial charge in [-0.25, -0.2) is 0 Å². The molecule has 0 amide bonds. The molecular weight excluding hydrogens is 274 g/mol. The Morgan fingerprint density at radius 2 is 1.91 bits per heavy atom. The van der Waals surface area contributed by atoms with Crippen LogP contribution in [0.4, 0.5) is 0 Å². The lowest BCUT2D eigenvalue weighted by Gasteiger charge is -2.26. The third-order valence-corrected chi connectivity index (χ3v) is 5.01. The second-order valence-corrected chi connectivity index (χ2v) is 6.71. The highest BCUT2D eigenvalue weighted by Crippen LogP contribution is 2.27. The second-order valence-electron chi connectivity index (χ2n) is 6.71. The number of aromatic nitrogens is 2. The van der Waals surface area contributed by atoms with Crippen molar-refractivity contribution in [3.8, 4) is 0 Å². The molecule has 1 saturated carbocycles. The highest BCUT2D eigenvalue weighted by molar-refractivity contribution is 5.79. The maximum atomic E-state index is 4.46. The number of nitrogens with zero attached hydrogens (tertiary/aromatic N) is 3. The van der Waals surface area contributed by atoms with Crippen LogP contribution in [0.3, 0.4) is 0 Å². The summed E-state index contributed by atoms with van der Waals surface area (Å²) in [6.45, 7) is 8.33. The van der Waals surface area contributed by atoms with Crippen LogP contribution < -0.4 is 10.6 Å². The van der Waals surface area contributed by atoms with Crippen molar-refractivity contribution in [3.05, 3.63) is 17.0 Å². The monoisotopic (exact) mass is 305 g/mol. The SMILES string of the molecule is CN=C(NCc1c(C)nn(C)c1C)NCC1CCC(C)CC1. The van der Waals surface area contributed by atoms with Gasteiger partial charge in [-0.3, -0.25) is 9.67 Å². The molecule has 0 aromatic carbocycles. The summed E-state index contributed by atoms with van der Waals surface area (Å²) in [6, 6.07) is 0. The summed E-state index contributed by atoms with van der Waals surface area (Å²) in [5.41, 5.74) is 3.56. The van der Waals surface area contributed by atoms with E-state index in [2.05, 4.69) is 41.5 Å². The number of guanidine groups is 1. The maximum absolute atomic E-state index is 4.46. The van der Waals surface area contributed by atoms with Gasteiger partial charge in [0, 0.05) is 38.4 Å². The van der Waals surface area contributed by atoms with E-state index in [9.17, 15) is 0 Å². The van der Waals surface area contributed by atoms with Crippen LogP contribution in [0.2, 0.25) is 0 Å². The van der Waals surface area contributed by atoms with Crippen molar-refractivity contribution in [1.82, 2.24) is 20.4 Å². The molecule has 0 aliphatic heterocycles. The van der Waals surface area contributed by atoms with E-state index in [0.717, 1.165) is 36.6 Å². The molecule has 0 radical (unpaired) electrons. The summed E-state index contributed by atoms with van der Waals surface area (Å²) in [6.07, 6.45) is 5.41. The number of aliphatic imine (C=N–C) groups is 1. The third-order valence-electron chi connectivity index (χ3n) is 5.01. The van der Waals surface area contributed by atoms with Gasteiger partial charge in [0.25, 0.3) is 0 Å². The highest BCUT2D eigenvalue weighted by atomic mass is 15.3. The minimum atomic E-state index is 0.771. The number of nitrogens with one attached hydrogen (secondary N) is 2. The van der Waals surface area contributed by atoms with Gasteiger partial charge in [-0.1, -0.05) is 19.8 Å². The van der Waals surface area contributed by atoms with Gasteiger partial charge >= 0.3 is 0 Å². The van der Waals surface area contributed by atoms with Crippen LogP contribution >= 0.6 is 0 Å². The summed E-state index contributed by atoms with van der Waals surface area (Å²) in [4.78, 5) is 4.34. The van der Waals surface area contributed by atoms with E-state index >= 15 is 0 Å². The molecule has 1 aromatic rings. The molecule has 1 aromatic heterocycles. The van der Waals surface area contributed by atoms with Crippen molar-refractivity contribution in [2.75, 3.05) is 13.6 Å². The molecule has 1 fully saturated rings. The van der Waals surface area contributed by atoms with Gasteiger partial charge in [-0.2, -0.15) is 5.10 Å². The quantitative estimate of drug-likeness (QED) is 0.664. The van der Waals surface area contributed by atoms with E-state index in [-0.39, 0.29) is 0 Å². The average molecular weight is 305 g/mol. The van der Waals surface area contributed by atoms with Crippen LogP contribution in [0.25, 0.3) is 0 Å². The lowest BCUT2D eigenvalue weighted by molar-refractivity contribution is 0.289. The van der Waals surface area contributed by atoms with Crippen molar-refractivity contribution < 1.29 is 0 Å². The average Bonchev–Trinajstić information content (AvgIpc) is 2.75. The Morgan fingerprint density at radius 3 is 2.45 bits per heavy atom. The summed E-state index contributed by atoms with van der Waals surface area (Å²) >= 11 is 0. The topological polar surface area (TPSA) is 54.2 Å². The van der Waals surface area contributed by atoms with E-state index in [1.807, 2.05) is 18.8 Å². The maximum Gasteiger partial charge on any atom is 0.191 e. The molecule has 2 rings (SSSR count). The van der Waals surface area contributed by atoms with E-state index in [0.29, 0.717) is 0 Å². The first-order valence-electron chi connectivity index (χ1n) is 8.44.